The van der Waals surface area contributed by atoms with Crippen molar-refractivity contribution in [3.8, 4) is 17.6 Å². The summed E-state index contributed by atoms with van der Waals surface area (Å²) in [5.41, 5.74) is 1.51. The van der Waals surface area contributed by atoms with Crippen LogP contribution in [0.3, 0.4) is 0 Å². The molecular weight excluding hydrogens is 318 g/mol. The summed E-state index contributed by atoms with van der Waals surface area (Å²) in [6.45, 7) is 1.84. The van der Waals surface area contributed by atoms with Crippen LogP contribution in [-0.2, 0) is 4.79 Å². The van der Waals surface area contributed by atoms with Crippen molar-refractivity contribution in [3.63, 3.8) is 0 Å². The number of methoxy groups -OCH3 is 1. The van der Waals surface area contributed by atoms with Crippen molar-refractivity contribution in [1.29, 1.82) is 5.26 Å². The molecule has 1 amide bonds. The Hall–Kier alpha value is -3.46. The molecule has 0 heterocycles. The molecule has 6 heteroatoms. The van der Waals surface area contributed by atoms with E-state index < -0.39 is 5.91 Å². The van der Waals surface area contributed by atoms with E-state index in [9.17, 15) is 15.2 Å². The molecule has 1 atom stereocenters. The van der Waals surface area contributed by atoms with Crippen molar-refractivity contribution in [1.82, 2.24) is 5.32 Å². The molecule has 0 radical (unpaired) electrons. The van der Waals surface area contributed by atoms with E-state index in [2.05, 4.69) is 10.6 Å². The summed E-state index contributed by atoms with van der Waals surface area (Å²) in [5.74, 6) is 0.399. The Kier molecular flexibility index (Phi) is 6.02. The number of anilines is 1. The van der Waals surface area contributed by atoms with Crippen molar-refractivity contribution in [2.75, 3.05) is 12.4 Å². The Morgan fingerprint density at radius 3 is 2.40 bits per heavy atom. The molecule has 2 rings (SSSR count). The Labute approximate surface area is 146 Å². The van der Waals surface area contributed by atoms with Gasteiger partial charge in [0, 0.05) is 11.9 Å². The molecule has 0 fully saturated rings. The van der Waals surface area contributed by atoms with Gasteiger partial charge < -0.3 is 20.5 Å². The minimum absolute atomic E-state index is 0.0477. The second-order valence-electron chi connectivity index (χ2n) is 5.33. The number of hydrogen-bond donors (Lipinski definition) is 3. The molecule has 0 bridgehead atoms. The normalized spacial score (nSPS) is 12.0. The molecule has 0 spiro atoms. The maximum Gasteiger partial charge on any atom is 0.263 e. The standard InChI is InChI=1S/C19H19N3O3/c1-13(14-3-9-18(25-2)10-4-14)22-19(24)15(11-20)12-21-16-5-7-17(23)8-6-16/h3-10,12-13,21,23H,1-2H3,(H,22,24)/b15-12-. The number of nitriles is 1. The second-order valence-corrected chi connectivity index (χ2v) is 5.33. The van der Waals surface area contributed by atoms with Crippen LogP contribution in [0.15, 0.2) is 60.3 Å². The molecule has 128 valence electrons. The summed E-state index contributed by atoms with van der Waals surface area (Å²) < 4.78 is 5.10. The van der Waals surface area contributed by atoms with Gasteiger partial charge in [0.15, 0.2) is 0 Å². The number of nitrogens with zero attached hydrogens (tertiary/aromatic N) is 1. The number of amides is 1. The molecule has 2 aromatic carbocycles. The van der Waals surface area contributed by atoms with Crippen molar-refractivity contribution in [3.05, 3.63) is 65.9 Å². The zero-order valence-electron chi connectivity index (χ0n) is 14.0. The van der Waals surface area contributed by atoms with Gasteiger partial charge in [-0.3, -0.25) is 4.79 Å². The Morgan fingerprint density at radius 1 is 1.20 bits per heavy atom. The Balaban J connectivity index is 2.01. The third-order valence-electron chi connectivity index (χ3n) is 3.58. The number of phenols is 1. The first kappa shape index (κ1) is 17.9. The third kappa shape index (κ3) is 5.01. The quantitative estimate of drug-likeness (QED) is 0.428. The fourth-order valence-corrected chi connectivity index (χ4v) is 2.11. The molecular formula is C19H19N3O3. The highest BCUT2D eigenvalue weighted by Crippen LogP contribution is 2.18. The molecule has 0 aromatic heterocycles. The molecule has 2 aromatic rings. The zero-order valence-corrected chi connectivity index (χ0v) is 14.0. The number of ether oxygens (including phenoxy) is 1. The fraction of sp³-hybridized carbons (Fsp3) is 0.158. The molecule has 0 saturated carbocycles. The highest BCUT2D eigenvalue weighted by Gasteiger charge is 2.13. The average Bonchev–Trinajstić information content (AvgIpc) is 2.63. The first-order chi connectivity index (χ1) is 12.0. The van der Waals surface area contributed by atoms with E-state index in [1.54, 1.807) is 19.2 Å². The summed E-state index contributed by atoms with van der Waals surface area (Å²) in [5, 5.41) is 24.1. The summed E-state index contributed by atoms with van der Waals surface area (Å²) in [6.07, 6.45) is 1.34. The molecule has 0 aliphatic heterocycles. The number of carbonyl (C=O) groups is 1. The maximum absolute atomic E-state index is 12.2. The average molecular weight is 337 g/mol. The fourth-order valence-electron chi connectivity index (χ4n) is 2.11. The van der Waals surface area contributed by atoms with E-state index in [4.69, 9.17) is 4.74 Å². The molecule has 0 aliphatic carbocycles. The van der Waals surface area contributed by atoms with Gasteiger partial charge in [-0.25, -0.2) is 0 Å². The van der Waals surface area contributed by atoms with Crippen LogP contribution in [0.25, 0.3) is 0 Å². The molecule has 25 heavy (non-hydrogen) atoms. The summed E-state index contributed by atoms with van der Waals surface area (Å²) in [4.78, 5) is 12.2. The lowest BCUT2D eigenvalue weighted by Crippen LogP contribution is -2.28. The Bertz CT molecular complexity index is 790. The Morgan fingerprint density at radius 2 is 1.84 bits per heavy atom. The van der Waals surface area contributed by atoms with Gasteiger partial charge >= 0.3 is 0 Å². The van der Waals surface area contributed by atoms with Crippen LogP contribution in [0.4, 0.5) is 5.69 Å². The van der Waals surface area contributed by atoms with Crippen LogP contribution < -0.4 is 15.4 Å². The van der Waals surface area contributed by atoms with E-state index in [0.717, 1.165) is 11.3 Å². The number of phenolic OH excluding ortho intramolecular Hbond substituents is 1. The van der Waals surface area contributed by atoms with Crippen molar-refractivity contribution in [2.24, 2.45) is 0 Å². The third-order valence-corrected chi connectivity index (χ3v) is 3.58. The van der Waals surface area contributed by atoms with Crippen molar-refractivity contribution >= 4 is 11.6 Å². The van der Waals surface area contributed by atoms with E-state index in [1.165, 1.54) is 18.3 Å². The second kappa shape index (κ2) is 8.41. The maximum atomic E-state index is 12.2. The van der Waals surface area contributed by atoms with E-state index in [-0.39, 0.29) is 17.4 Å². The monoisotopic (exact) mass is 337 g/mol. The van der Waals surface area contributed by atoms with Gasteiger partial charge in [0.05, 0.1) is 13.2 Å². The van der Waals surface area contributed by atoms with Crippen LogP contribution >= 0.6 is 0 Å². The minimum Gasteiger partial charge on any atom is -0.508 e. The van der Waals surface area contributed by atoms with Gasteiger partial charge in [0.1, 0.15) is 23.1 Å². The van der Waals surface area contributed by atoms with Crippen LogP contribution in [0.1, 0.15) is 18.5 Å². The van der Waals surface area contributed by atoms with Gasteiger partial charge in [0.2, 0.25) is 0 Å². The number of nitrogens with one attached hydrogen (secondary N) is 2. The lowest BCUT2D eigenvalue weighted by atomic mass is 10.1. The summed E-state index contributed by atoms with van der Waals surface area (Å²) >= 11 is 0. The van der Waals surface area contributed by atoms with E-state index in [1.807, 2.05) is 37.3 Å². The molecule has 6 nitrogen and oxygen atoms in total. The predicted molar refractivity (Wildman–Crippen MR) is 95.0 cm³/mol. The smallest absolute Gasteiger partial charge is 0.263 e. The topological polar surface area (TPSA) is 94.4 Å². The van der Waals surface area contributed by atoms with Gasteiger partial charge in [-0.2, -0.15) is 5.26 Å². The van der Waals surface area contributed by atoms with Crippen LogP contribution in [0, 0.1) is 11.3 Å². The lowest BCUT2D eigenvalue weighted by Gasteiger charge is -2.14. The SMILES string of the molecule is COc1ccc(C(C)NC(=O)/C(C#N)=C\Nc2ccc(O)cc2)cc1. The largest absolute Gasteiger partial charge is 0.508 e. The number of benzene rings is 2. The van der Waals surface area contributed by atoms with Crippen LogP contribution in [-0.4, -0.2) is 18.1 Å². The molecule has 0 aliphatic rings. The van der Waals surface area contributed by atoms with Gasteiger partial charge in [-0.05, 0) is 48.9 Å². The first-order valence-electron chi connectivity index (χ1n) is 7.64. The van der Waals surface area contributed by atoms with Gasteiger partial charge in [0.25, 0.3) is 5.91 Å². The van der Waals surface area contributed by atoms with E-state index in [0.29, 0.717) is 5.69 Å². The van der Waals surface area contributed by atoms with Crippen LogP contribution in [0.2, 0.25) is 0 Å². The summed E-state index contributed by atoms with van der Waals surface area (Å²) in [7, 11) is 1.59. The molecule has 0 saturated heterocycles. The lowest BCUT2D eigenvalue weighted by molar-refractivity contribution is -0.117. The highest BCUT2D eigenvalue weighted by molar-refractivity contribution is 5.97. The predicted octanol–water partition coefficient (Wildman–Crippen LogP) is 3.10. The number of aromatic hydroxyl groups is 1. The van der Waals surface area contributed by atoms with E-state index >= 15 is 0 Å². The van der Waals surface area contributed by atoms with Crippen molar-refractivity contribution in [2.45, 2.75) is 13.0 Å². The minimum atomic E-state index is -0.475. The first-order valence-corrected chi connectivity index (χ1v) is 7.64. The van der Waals surface area contributed by atoms with Gasteiger partial charge in [-0.15, -0.1) is 0 Å². The molecule has 1 unspecified atom stereocenters. The molecule has 3 N–H and O–H groups in total. The number of rotatable bonds is 6. The summed E-state index contributed by atoms with van der Waals surface area (Å²) in [6, 6.07) is 15.2. The van der Waals surface area contributed by atoms with Gasteiger partial charge in [-0.1, -0.05) is 12.1 Å². The number of hydrogen-bond acceptors (Lipinski definition) is 5. The van der Waals surface area contributed by atoms with Crippen LogP contribution in [0.5, 0.6) is 11.5 Å². The van der Waals surface area contributed by atoms with Crippen molar-refractivity contribution < 1.29 is 14.6 Å². The number of carbonyl (C=O) groups excluding carboxylic acids is 1. The highest BCUT2D eigenvalue weighted by atomic mass is 16.5. The zero-order chi connectivity index (χ0) is 18.2.